The number of likely N-dealkylation sites (tertiary alicyclic amines) is 1. The predicted molar refractivity (Wildman–Crippen MR) is 172 cm³/mol. The number of carbonyl (C=O) groups is 1. The molecule has 0 bridgehead atoms. The first-order valence-electron chi connectivity index (χ1n) is 16.1. The Morgan fingerprint density at radius 1 is 1.14 bits per heavy atom. The Morgan fingerprint density at radius 3 is 2.64 bits per heavy atom. The molecule has 0 aliphatic carbocycles. The number of anilines is 2. The van der Waals surface area contributed by atoms with Gasteiger partial charge in [0.1, 0.15) is 11.4 Å². The highest BCUT2D eigenvalue weighted by Crippen LogP contribution is 2.34. The van der Waals surface area contributed by atoms with Crippen LogP contribution in [0.1, 0.15) is 69.3 Å². The molecule has 2 saturated heterocycles. The van der Waals surface area contributed by atoms with E-state index in [4.69, 9.17) is 19.4 Å². The highest BCUT2D eigenvalue weighted by Gasteiger charge is 2.36. The van der Waals surface area contributed by atoms with Gasteiger partial charge in [-0.3, -0.25) is 0 Å². The number of fused-ring (bicyclic) bond motifs is 1. The van der Waals surface area contributed by atoms with Gasteiger partial charge in [-0.2, -0.15) is 15.2 Å². The third kappa shape index (κ3) is 7.04. The van der Waals surface area contributed by atoms with Gasteiger partial charge in [0.15, 0.2) is 0 Å². The third-order valence-electron chi connectivity index (χ3n) is 9.39. The second kappa shape index (κ2) is 13.2. The van der Waals surface area contributed by atoms with Crippen molar-refractivity contribution in [3.8, 4) is 12.1 Å². The summed E-state index contributed by atoms with van der Waals surface area (Å²) in [5, 5.41) is 9.65. The Kier molecular flexibility index (Phi) is 9.54. The summed E-state index contributed by atoms with van der Waals surface area (Å²) in [5.74, 6) is 1.22. The highest BCUT2D eigenvalue weighted by atomic mass is 16.6. The fraction of sp³-hybridized carbons (Fsp3) is 0.647. The van der Waals surface area contributed by atoms with Crippen molar-refractivity contribution in [2.24, 2.45) is 5.92 Å². The molecule has 3 aliphatic heterocycles. The molecule has 2 aromatic rings. The van der Waals surface area contributed by atoms with Crippen LogP contribution in [-0.2, 0) is 17.7 Å². The standard InChI is InChI=1S/C34H49N7O3/c1-23-10-8-11-30(25(23)3)39-17-14-27-28(21-39)36-32(43-22-24(2)29-12-9-16-38(29)7)37-31(27)40-18-19-41(26(20-40)13-15-35)33(42)44-34(4,5)6/h8,10-11,24,26,29H,9,12-14,16-22H2,1-7H3/t24-,26-,29-/m0/s1. The smallest absolute Gasteiger partial charge is 0.410 e. The molecule has 238 valence electrons. The van der Waals surface area contributed by atoms with Crippen LogP contribution in [-0.4, -0.2) is 89.9 Å². The number of nitriles is 1. The van der Waals surface area contributed by atoms with Crippen molar-refractivity contribution in [2.45, 2.75) is 91.5 Å². The zero-order valence-corrected chi connectivity index (χ0v) is 27.6. The molecule has 1 aromatic heterocycles. The van der Waals surface area contributed by atoms with Crippen LogP contribution in [0.5, 0.6) is 6.01 Å². The summed E-state index contributed by atoms with van der Waals surface area (Å²) in [4.78, 5) is 31.8. The molecule has 3 atom stereocenters. The maximum Gasteiger partial charge on any atom is 0.410 e. The summed E-state index contributed by atoms with van der Waals surface area (Å²) < 4.78 is 12.1. The maximum atomic E-state index is 13.1. The minimum absolute atomic E-state index is 0.221. The lowest BCUT2D eigenvalue weighted by molar-refractivity contribution is 0.0144. The number of aromatic nitrogens is 2. The molecule has 0 spiro atoms. The number of amides is 1. The molecular weight excluding hydrogens is 554 g/mol. The van der Waals surface area contributed by atoms with Crippen LogP contribution in [0.4, 0.5) is 16.3 Å². The fourth-order valence-corrected chi connectivity index (χ4v) is 6.86. The number of carbonyl (C=O) groups excluding carboxylic acids is 1. The van der Waals surface area contributed by atoms with Gasteiger partial charge < -0.3 is 29.1 Å². The Bertz CT molecular complexity index is 1380. The molecule has 0 saturated carbocycles. The third-order valence-corrected chi connectivity index (χ3v) is 9.39. The summed E-state index contributed by atoms with van der Waals surface area (Å²) in [6.45, 7) is 16.9. The normalized spacial score (nSPS) is 21.5. The summed E-state index contributed by atoms with van der Waals surface area (Å²) in [7, 11) is 2.19. The van der Waals surface area contributed by atoms with E-state index in [1.54, 1.807) is 4.90 Å². The number of hydrogen-bond donors (Lipinski definition) is 0. The molecule has 5 rings (SSSR count). The van der Waals surface area contributed by atoms with Gasteiger partial charge in [0.2, 0.25) is 0 Å². The van der Waals surface area contributed by atoms with Crippen LogP contribution in [0.2, 0.25) is 0 Å². The van der Waals surface area contributed by atoms with Crippen molar-refractivity contribution in [2.75, 3.05) is 56.2 Å². The number of rotatable bonds is 7. The molecule has 2 fully saturated rings. The van der Waals surface area contributed by atoms with E-state index in [0.29, 0.717) is 50.8 Å². The number of nitrogens with zero attached hydrogens (tertiary/aromatic N) is 7. The Balaban J connectivity index is 1.43. The van der Waals surface area contributed by atoms with Gasteiger partial charge in [-0.1, -0.05) is 19.1 Å². The van der Waals surface area contributed by atoms with Gasteiger partial charge in [0.05, 0.1) is 37.4 Å². The number of hydrogen-bond acceptors (Lipinski definition) is 9. The number of ether oxygens (including phenoxy) is 2. The lowest BCUT2D eigenvalue weighted by atomic mass is 10.0. The van der Waals surface area contributed by atoms with Crippen molar-refractivity contribution in [1.82, 2.24) is 19.8 Å². The van der Waals surface area contributed by atoms with Crippen LogP contribution >= 0.6 is 0 Å². The molecule has 0 radical (unpaired) electrons. The molecule has 10 heteroatoms. The van der Waals surface area contributed by atoms with E-state index in [0.717, 1.165) is 36.6 Å². The number of aryl methyl sites for hydroxylation is 1. The van der Waals surface area contributed by atoms with E-state index < -0.39 is 5.60 Å². The highest BCUT2D eigenvalue weighted by molar-refractivity contribution is 5.69. The summed E-state index contributed by atoms with van der Waals surface area (Å²) in [6, 6.07) is 9.35. The van der Waals surface area contributed by atoms with Crippen LogP contribution in [0.3, 0.4) is 0 Å². The second-order valence-corrected chi connectivity index (χ2v) is 13.8. The van der Waals surface area contributed by atoms with Crippen molar-refractivity contribution in [1.29, 1.82) is 5.26 Å². The fourth-order valence-electron chi connectivity index (χ4n) is 6.86. The van der Waals surface area contributed by atoms with Crippen molar-refractivity contribution < 1.29 is 14.3 Å². The van der Waals surface area contributed by atoms with Gasteiger partial charge in [0, 0.05) is 49.4 Å². The Hall–Kier alpha value is -3.58. The molecule has 4 heterocycles. The average molecular weight is 604 g/mol. The van der Waals surface area contributed by atoms with E-state index in [2.05, 4.69) is 66.8 Å². The number of benzene rings is 1. The molecule has 44 heavy (non-hydrogen) atoms. The molecule has 1 amide bonds. The van der Waals surface area contributed by atoms with E-state index in [1.807, 2.05) is 20.8 Å². The first kappa shape index (κ1) is 31.8. The molecule has 1 aromatic carbocycles. The second-order valence-electron chi connectivity index (χ2n) is 13.8. The van der Waals surface area contributed by atoms with Crippen LogP contribution in [0.25, 0.3) is 0 Å². The molecule has 10 nitrogen and oxygen atoms in total. The van der Waals surface area contributed by atoms with Gasteiger partial charge >= 0.3 is 12.1 Å². The summed E-state index contributed by atoms with van der Waals surface area (Å²) >= 11 is 0. The molecule has 0 unspecified atom stereocenters. The van der Waals surface area contributed by atoms with Crippen LogP contribution < -0.4 is 14.5 Å². The summed E-state index contributed by atoms with van der Waals surface area (Å²) in [6.07, 6.45) is 3.06. The number of piperazine rings is 1. The summed E-state index contributed by atoms with van der Waals surface area (Å²) in [5.41, 5.74) is 5.30. The van der Waals surface area contributed by atoms with Gasteiger partial charge in [-0.25, -0.2) is 4.79 Å². The lowest BCUT2D eigenvalue weighted by Crippen LogP contribution is -2.56. The topological polar surface area (TPSA) is 98.1 Å². The van der Waals surface area contributed by atoms with Crippen molar-refractivity contribution >= 4 is 17.6 Å². The zero-order valence-electron chi connectivity index (χ0n) is 27.6. The van der Waals surface area contributed by atoms with Gasteiger partial charge in [0.25, 0.3) is 0 Å². The van der Waals surface area contributed by atoms with Crippen molar-refractivity contribution in [3.63, 3.8) is 0 Å². The Labute approximate surface area is 262 Å². The first-order valence-corrected chi connectivity index (χ1v) is 16.1. The monoisotopic (exact) mass is 603 g/mol. The first-order chi connectivity index (χ1) is 20.9. The minimum Gasteiger partial charge on any atom is -0.463 e. The molecule has 0 N–H and O–H groups in total. The quantitative estimate of drug-likeness (QED) is 0.428. The average Bonchev–Trinajstić information content (AvgIpc) is 3.41. The van der Waals surface area contributed by atoms with Gasteiger partial charge in [-0.05, 0) is 84.7 Å². The molecular formula is C34H49N7O3. The van der Waals surface area contributed by atoms with E-state index >= 15 is 0 Å². The van der Waals surface area contributed by atoms with Gasteiger partial charge in [-0.15, -0.1) is 0 Å². The van der Waals surface area contributed by atoms with Crippen molar-refractivity contribution in [3.05, 3.63) is 40.6 Å². The van der Waals surface area contributed by atoms with Crippen LogP contribution in [0.15, 0.2) is 18.2 Å². The largest absolute Gasteiger partial charge is 0.463 e. The lowest BCUT2D eigenvalue weighted by Gasteiger charge is -2.42. The zero-order chi connectivity index (χ0) is 31.6. The van der Waals surface area contributed by atoms with Crippen LogP contribution in [0, 0.1) is 31.1 Å². The predicted octanol–water partition coefficient (Wildman–Crippen LogP) is 5.10. The maximum absolute atomic E-state index is 13.1. The van der Waals surface area contributed by atoms with E-state index in [1.165, 1.54) is 29.7 Å². The van der Waals surface area contributed by atoms with E-state index in [9.17, 15) is 10.1 Å². The Morgan fingerprint density at radius 2 is 1.93 bits per heavy atom. The molecule has 3 aliphatic rings. The SMILES string of the molecule is Cc1cccc(N2CCc3c(nc(OC[C@H](C)[C@@H]4CCCN4C)nc3N3CCN(C(=O)OC(C)(C)C)[C@@H](CC#N)C3)C2)c1C. The minimum atomic E-state index is -0.602. The van der Waals surface area contributed by atoms with E-state index in [-0.39, 0.29) is 18.6 Å².